The van der Waals surface area contributed by atoms with E-state index < -0.39 is 75.8 Å². The fraction of sp³-hybridized carbons (Fsp3) is 0.800. The molecule has 17 heteroatoms. The summed E-state index contributed by atoms with van der Waals surface area (Å²) < 4.78 is 63.6. The third-order valence-electron chi connectivity index (χ3n) is 3.60. The number of aliphatic hydroxyl groups is 1. The SMILES string of the molecule is CC(=O)NCCCS(=O)(=O)OCC(C)(C)[C@@H](O)C(=O)OCCOC(=O)C[PH](=O)O[PH](=O)O. The fourth-order valence-electron chi connectivity index (χ4n) is 1.89. The van der Waals surface area contributed by atoms with Gasteiger partial charge in [0.25, 0.3) is 10.1 Å². The van der Waals surface area contributed by atoms with E-state index in [2.05, 4.69) is 14.4 Å². The average Bonchev–Trinajstić information content (AvgIpc) is 2.65. The summed E-state index contributed by atoms with van der Waals surface area (Å²) in [5.41, 5.74) is -1.35. The molecule has 0 aromatic rings. The Morgan fingerprint density at radius 3 is 2.28 bits per heavy atom. The van der Waals surface area contributed by atoms with Crippen molar-refractivity contribution in [3.8, 4) is 0 Å². The van der Waals surface area contributed by atoms with E-state index in [1.165, 1.54) is 20.8 Å². The molecule has 188 valence electrons. The molecule has 0 aromatic heterocycles. The monoisotopic (exact) mass is 525 g/mol. The molecule has 1 amide bonds. The van der Waals surface area contributed by atoms with Gasteiger partial charge in [-0.25, -0.2) is 4.79 Å². The largest absolute Gasteiger partial charge is 0.462 e. The molecule has 0 spiro atoms. The first-order valence-electron chi connectivity index (χ1n) is 9.22. The summed E-state index contributed by atoms with van der Waals surface area (Å²) in [7, 11) is -10.5. The van der Waals surface area contributed by atoms with Gasteiger partial charge in [0, 0.05) is 18.9 Å². The number of nitrogens with one attached hydrogen (secondary N) is 1. The van der Waals surface area contributed by atoms with Crippen LogP contribution in [-0.2, 0) is 51.6 Å². The van der Waals surface area contributed by atoms with Crippen molar-refractivity contribution >= 4 is 44.2 Å². The van der Waals surface area contributed by atoms with Crippen LogP contribution in [0.25, 0.3) is 0 Å². The molecule has 0 aromatic carbocycles. The second-order valence-corrected chi connectivity index (χ2v) is 11.3. The molecule has 0 saturated carbocycles. The Kier molecular flexibility index (Phi) is 14.1. The Morgan fingerprint density at radius 2 is 1.72 bits per heavy atom. The second kappa shape index (κ2) is 14.7. The predicted molar refractivity (Wildman–Crippen MR) is 111 cm³/mol. The second-order valence-electron chi connectivity index (χ2n) is 7.06. The first-order valence-corrected chi connectivity index (χ1v) is 13.6. The summed E-state index contributed by atoms with van der Waals surface area (Å²) in [4.78, 5) is 42.5. The van der Waals surface area contributed by atoms with Crippen LogP contribution in [0.1, 0.15) is 27.2 Å². The number of esters is 2. The quantitative estimate of drug-likeness (QED) is 0.0977. The van der Waals surface area contributed by atoms with E-state index in [9.17, 15) is 37.0 Å². The van der Waals surface area contributed by atoms with Crippen LogP contribution in [0.2, 0.25) is 0 Å². The Morgan fingerprint density at radius 1 is 1.12 bits per heavy atom. The maximum atomic E-state index is 12.0. The van der Waals surface area contributed by atoms with Crippen LogP contribution in [0.15, 0.2) is 0 Å². The lowest BCUT2D eigenvalue weighted by Crippen LogP contribution is -2.42. The molecule has 0 aliphatic heterocycles. The van der Waals surface area contributed by atoms with Crippen molar-refractivity contribution in [3.63, 3.8) is 0 Å². The minimum Gasteiger partial charge on any atom is -0.462 e. The summed E-state index contributed by atoms with van der Waals surface area (Å²) in [6, 6.07) is 0. The number of rotatable bonds is 16. The number of amides is 1. The smallest absolute Gasteiger partial charge is 0.335 e. The molecule has 0 rings (SSSR count). The van der Waals surface area contributed by atoms with E-state index >= 15 is 0 Å². The zero-order valence-corrected chi connectivity index (χ0v) is 20.6. The summed E-state index contributed by atoms with van der Waals surface area (Å²) in [5, 5.41) is 12.6. The van der Waals surface area contributed by atoms with Crippen LogP contribution in [0.3, 0.4) is 0 Å². The minimum atomic E-state index is -3.96. The van der Waals surface area contributed by atoms with Crippen molar-refractivity contribution in [2.45, 2.75) is 33.3 Å². The Bertz CT molecular complexity index is 799. The Balaban J connectivity index is 4.35. The standard InChI is InChI=1S/C15H29NO13P2S/c1-11(17)16-5-4-8-32(24,25)28-10-15(2,3)13(19)14(20)27-7-6-26-12(18)9-30(21)29-31(22)23/h13,19,30-31H,4-10H2,1-3H3,(H,16,17)(H,22,23)/t13-/m0/s1. The van der Waals surface area contributed by atoms with E-state index in [4.69, 9.17) is 13.8 Å². The highest BCUT2D eigenvalue weighted by Crippen LogP contribution is 2.34. The third-order valence-corrected chi connectivity index (χ3v) is 7.05. The van der Waals surface area contributed by atoms with E-state index in [0.717, 1.165) is 0 Å². The molecule has 0 fully saturated rings. The first kappa shape index (κ1) is 30.7. The molecule has 0 aliphatic carbocycles. The van der Waals surface area contributed by atoms with Crippen LogP contribution in [0.4, 0.5) is 0 Å². The van der Waals surface area contributed by atoms with Gasteiger partial charge in [-0.05, 0) is 6.42 Å². The van der Waals surface area contributed by atoms with Gasteiger partial charge in [0.05, 0.1) is 12.4 Å². The van der Waals surface area contributed by atoms with Gasteiger partial charge in [-0.1, -0.05) is 13.8 Å². The van der Waals surface area contributed by atoms with Crippen LogP contribution in [0.5, 0.6) is 0 Å². The molecular formula is C15H29NO13P2S. The summed E-state index contributed by atoms with van der Waals surface area (Å²) in [6.45, 7) is 2.75. The zero-order valence-electron chi connectivity index (χ0n) is 17.8. The van der Waals surface area contributed by atoms with Gasteiger partial charge in [-0.3, -0.25) is 27.2 Å². The van der Waals surface area contributed by atoms with Crippen LogP contribution in [0, 0.1) is 5.41 Å². The molecule has 0 heterocycles. The lowest BCUT2D eigenvalue weighted by Gasteiger charge is -2.28. The van der Waals surface area contributed by atoms with Crippen molar-refractivity contribution in [3.05, 3.63) is 0 Å². The number of carbonyl (C=O) groups excluding carboxylic acids is 3. The predicted octanol–water partition coefficient (Wildman–Crippen LogP) is -0.794. The molecule has 32 heavy (non-hydrogen) atoms. The van der Waals surface area contributed by atoms with Crippen molar-refractivity contribution in [1.29, 1.82) is 0 Å². The van der Waals surface area contributed by atoms with Gasteiger partial charge < -0.3 is 24.8 Å². The lowest BCUT2D eigenvalue weighted by molar-refractivity contribution is -0.164. The van der Waals surface area contributed by atoms with E-state index in [1.807, 2.05) is 0 Å². The number of hydrogen-bond donors (Lipinski definition) is 3. The number of hydrogen-bond acceptors (Lipinski definition) is 12. The average molecular weight is 525 g/mol. The van der Waals surface area contributed by atoms with Crippen molar-refractivity contribution < 1.29 is 59.9 Å². The number of ether oxygens (including phenoxy) is 2. The fourth-order valence-corrected chi connectivity index (χ4v) is 4.40. The van der Waals surface area contributed by atoms with Gasteiger partial charge in [0.15, 0.2) is 6.10 Å². The Labute approximate surface area is 186 Å². The van der Waals surface area contributed by atoms with E-state index in [-0.39, 0.29) is 24.6 Å². The number of carbonyl (C=O) groups is 3. The minimum absolute atomic E-state index is 0.117. The van der Waals surface area contributed by atoms with Gasteiger partial charge in [-0.2, -0.15) is 8.42 Å². The van der Waals surface area contributed by atoms with Gasteiger partial charge in [0.1, 0.15) is 19.4 Å². The highest BCUT2D eigenvalue weighted by Gasteiger charge is 2.36. The maximum Gasteiger partial charge on any atom is 0.335 e. The Hall–Kier alpha value is -1.34. The van der Waals surface area contributed by atoms with Crippen LogP contribution >= 0.6 is 16.3 Å². The molecule has 0 bridgehead atoms. The summed E-state index contributed by atoms with van der Waals surface area (Å²) in [6.07, 6.45) is -2.38. The highest BCUT2D eigenvalue weighted by molar-refractivity contribution is 7.86. The normalized spacial score (nSPS) is 14.8. The molecular weight excluding hydrogens is 496 g/mol. The lowest BCUT2D eigenvalue weighted by atomic mass is 9.88. The molecule has 14 nitrogen and oxygen atoms in total. The van der Waals surface area contributed by atoms with E-state index in [0.29, 0.717) is 0 Å². The molecule has 3 N–H and O–H groups in total. The molecule has 0 aliphatic rings. The summed E-state index contributed by atoms with van der Waals surface area (Å²) in [5.74, 6) is -2.80. The van der Waals surface area contributed by atoms with Crippen molar-refractivity contribution in [2.75, 3.05) is 38.3 Å². The first-order chi connectivity index (χ1) is 14.7. The molecule has 2 unspecified atom stereocenters. The zero-order chi connectivity index (χ0) is 24.9. The van der Waals surface area contributed by atoms with Crippen molar-refractivity contribution in [1.82, 2.24) is 5.32 Å². The van der Waals surface area contributed by atoms with E-state index in [1.54, 1.807) is 0 Å². The maximum absolute atomic E-state index is 12.0. The highest BCUT2D eigenvalue weighted by atomic mass is 32.2. The topological polar surface area (TPSA) is 209 Å². The molecule has 3 atom stereocenters. The number of aliphatic hydroxyl groups excluding tert-OH is 1. The van der Waals surface area contributed by atoms with Crippen LogP contribution < -0.4 is 5.32 Å². The van der Waals surface area contributed by atoms with Crippen molar-refractivity contribution in [2.24, 2.45) is 5.41 Å². The summed E-state index contributed by atoms with van der Waals surface area (Å²) >= 11 is 0. The van der Waals surface area contributed by atoms with Gasteiger partial charge in [-0.15, -0.1) is 0 Å². The molecule has 0 saturated heterocycles. The van der Waals surface area contributed by atoms with Gasteiger partial charge >= 0.3 is 20.2 Å². The molecule has 0 radical (unpaired) electrons. The van der Waals surface area contributed by atoms with Gasteiger partial charge in [0.2, 0.25) is 13.9 Å². The third kappa shape index (κ3) is 14.7. The van der Waals surface area contributed by atoms with Crippen LogP contribution in [-0.4, -0.2) is 80.6 Å².